The average Bonchev–Trinajstić information content (AvgIpc) is 2.66. The molecule has 2 aromatic rings. The summed E-state index contributed by atoms with van der Waals surface area (Å²) in [7, 11) is -0.437. The molecule has 0 heterocycles. The minimum atomic E-state index is -3.37. The van der Waals surface area contributed by atoms with Crippen LogP contribution >= 0.6 is 7.60 Å². The minimum absolute atomic E-state index is 0.603. The van der Waals surface area contributed by atoms with E-state index in [4.69, 9.17) is 9.05 Å². The second-order valence-corrected chi connectivity index (χ2v) is 8.56. The van der Waals surface area contributed by atoms with Gasteiger partial charge >= 0.3 is 7.60 Å². The number of aryl methyl sites for hydroxylation is 1. The van der Waals surface area contributed by atoms with E-state index >= 15 is 0 Å². The summed E-state index contributed by atoms with van der Waals surface area (Å²) in [6, 6.07) is 18.3. The molecular formula is C19H24NO3P. The van der Waals surface area contributed by atoms with Crippen LogP contribution in [0.3, 0.4) is 0 Å². The third-order valence-electron chi connectivity index (χ3n) is 4.82. The van der Waals surface area contributed by atoms with Gasteiger partial charge in [0.15, 0.2) is 0 Å². The van der Waals surface area contributed by atoms with E-state index in [0.29, 0.717) is 6.54 Å². The smallest absolute Gasteiger partial charge is 0.310 e. The molecule has 0 bridgehead atoms. The summed E-state index contributed by atoms with van der Waals surface area (Å²) in [5, 5.41) is 2.72. The Balaban J connectivity index is 2.05. The van der Waals surface area contributed by atoms with Crippen LogP contribution in [-0.4, -0.2) is 14.2 Å². The lowest BCUT2D eigenvalue weighted by Crippen LogP contribution is -2.45. The van der Waals surface area contributed by atoms with Gasteiger partial charge in [0.25, 0.3) is 0 Å². The first-order valence-corrected chi connectivity index (χ1v) is 9.78. The van der Waals surface area contributed by atoms with Crippen molar-refractivity contribution in [1.29, 1.82) is 0 Å². The van der Waals surface area contributed by atoms with Crippen molar-refractivity contribution in [3.8, 4) is 0 Å². The van der Waals surface area contributed by atoms with E-state index in [2.05, 4.69) is 23.5 Å². The van der Waals surface area contributed by atoms with E-state index in [9.17, 15) is 4.57 Å². The number of nitrogens with one attached hydrogen (secondary N) is 1. The second-order valence-electron chi connectivity index (χ2n) is 6.07. The molecule has 0 radical (unpaired) electrons. The lowest BCUT2D eigenvalue weighted by molar-refractivity contribution is 0.216. The molecule has 3 rings (SSSR count). The van der Waals surface area contributed by atoms with E-state index < -0.39 is 12.9 Å². The van der Waals surface area contributed by atoms with Crippen LogP contribution in [0.1, 0.15) is 29.5 Å². The van der Waals surface area contributed by atoms with Crippen molar-refractivity contribution in [2.24, 2.45) is 0 Å². The molecule has 4 nitrogen and oxygen atoms in total. The SMILES string of the molecule is COP(=O)(OC)C1(NCc2ccccc2)CCCc2ccccc21. The van der Waals surface area contributed by atoms with Crippen molar-refractivity contribution in [2.45, 2.75) is 31.1 Å². The van der Waals surface area contributed by atoms with E-state index in [-0.39, 0.29) is 0 Å². The first kappa shape index (κ1) is 17.4. The summed E-state index contributed by atoms with van der Waals surface area (Å²) in [4.78, 5) is 0. The summed E-state index contributed by atoms with van der Waals surface area (Å²) in [6.45, 7) is 0.603. The molecule has 1 aliphatic rings. The topological polar surface area (TPSA) is 47.6 Å². The fraction of sp³-hybridized carbons (Fsp3) is 0.368. The molecule has 0 aromatic heterocycles. The zero-order valence-corrected chi connectivity index (χ0v) is 15.1. The van der Waals surface area contributed by atoms with Gasteiger partial charge in [-0.15, -0.1) is 0 Å². The molecule has 0 fully saturated rings. The molecule has 1 aliphatic carbocycles. The first-order valence-electron chi connectivity index (χ1n) is 8.24. The molecule has 0 aliphatic heterocycles. The molecule has 1 unspecified atom stereocenters. The number of hydrogen-bond acceptors (Lipinski definition) is 4. The van der Waals surface area contributed by atoms with Crippen LogP contribution in [0.5, 0.6) is 0 Å². The Morgan fingerprint density at radius 1 is 1.04 bits per heavy atom. The van der Waals surface area contributed by atoms with Crippen molar-refractivity contribution >= 4 is 7.60 Å². The molecular weight excluding hydrogens is 321 g/mol. The number of benzene rings is 2. The zero-order valence-electron chi connectivity index (χ0n) is 14.2. The molecule has 1 atom stereocenters. The summed E-state index contributed by atoms with van der Waals surface area (Å²) < 4.78 is 24.4. The Kier molecular flexibility index (Phi) is 5.21. The lowest BCUT2D eigenvalue weighted by Gasteiger charge is -2.43. The van der Waals surface area contributed by atoms with Crippen LogP contribution in [-0.2, 0) is 31.9 Å². The Hall–Kier alpha value is -1.45. The van der Waals surface area contributed by atoms with Gasteiger partial charge < -0.3 is 9.05 Å². The predicted octanol–water partition coefficient (Wildman–Crippen LogP) is 4.45. The molecule has 0 amide bonds. The highest BCUT2D eigenvalue weighted by Gasteiger charge is 2.53. The van der Waals surface area contributed by atoms with Crippen LogP contribution < -0.4 is 5.32 Å². The van der Waals surface area contributed by atoms with Gasteiger partial charge in [-0.3, -0.25) is 9.88 Å². The van der Waals surface area contributed by atoms with Crippen LogP contribution in [0, 0.1) is 0 Å². The second kappa shape index (κ2) is 7.20. The maximum Gasteiger partial charge on any atom is 0.354 e. The maximum atomic E-state index is 13.5. The van der Waals surface area contributed by atoms with Gasteiger partial charge in [0.1, 0.15) is 5.28 Å². The van der Waals surface area contributed by atoms with Crippen LogP contribution in [0.15, 0.2) is 54.6 Å². The highest BCUT2D eigenvalue weighted by atomic mass is 31.2. The Bertz CT molecular complexity index is 726. The van der Waals surface area contributed by atoms with Crippen LogP contribution in [0.4, 0.5) is 0 Å². The molecule has 0 saturated carbocycles. The highest BCUT2D eigenvalue weighted by Crippen LogP contribution is 2.66. The van der Waals surface area contributed by atoms with Gasteiger partial charge in [-0.05, 0) is 36.0 Å². The van der Waals surface area contributed by atoms with Crippen molar-refractivity contribution < 1.29 is 13.6 Å². The fourth-order valence-electron chi connectivity index (χ4n) is 3.61. The third-order valence-corrected chi connectivity index (χ3v) is 7.34. The van der Waals surface area contributed by atoms with Crippen LogP contribution in [0.25, 0.3) is 0 Å². The summed E-state index contributed by atoms with van der Waals surface area (Å²) in [5.74, 6) is 0. The van der Waals surface area contributed by atoms with Gasteiger partial charge in [-0.2, -0.15) is 0 Å². The van der Waals surface area contributed by atoms with Crippen molar-refractivity contribution in [3.63, 3.8) is 0 Å². The quantitative estimate of drug-likeness (QED) is 0.786. The van der Waals surface area contributed by atoms with E-state index in [1.807, 2.05) is 36.4 Å². The molecule has 24 heavy (non-hydrogen) atoms. The number of hydrogen-bond donors (Lipinski definition) is 1. The summed E-state index contributed by atoms with van der Waals surface area (Å²) >= 11 is 0. The third kappa shape index (κ3) is 2.96. The van der Waals surface area contributed by atoms with Gasteiger partial charge in [0.05, 0.1) is 0 Å². The van der Waals surface area contributed by atoms with E-state index in [1.165, 1.54) is 19.8 Å². The van der Waals surface area contributed by atoms with E-state index in [1.54, 1.807) is 0 Å². The first-order chi connectivity index (χ1) is 11.6. The number of fused-ring (bicyclic) bond motifs is 1. The fourth-order valence-corrected chi connectivity index (χ4v) is 5.60. The molecule has 5 heteroatoms. The normalized spacial score (nSPS) is 20.6. The monoisotopic (exact) mass is 345 g/mol. The number of rotatable bonds is 6. The molecule has 128 valence electrons. The van der Waals surface area contributed by atoms with Crippen molar-refractivity contribution in [1.82, 2.24) is 5.32 Å². The van der Waals surface area contributed by atoms with Gasteiger partial charge in [0.2, 0.25) is 0 Å². The molecule has 0 spiro atoms. The Morgan fingerprint density at radius 2 is 1.71 bits per heavy atom. The van der Waals surface area contributed by atoms with Crippen LogP contribution in [0.2, 0.25) is 0 Å². The minimum Gasteiger partial charge on any atom is -0.310 e. The van der Waals surface area contributed by atoms with Gasteiger partial charge in [0, 0.05) is 20.8 Å². The predicted molar refractivity (Wildman–Crippen MR) is 96.0 cm³/mol. The van der Waals surface area contributed by atoms with E-state index in [0.717, 1.165) is 30.4 Å². The maximum absolute atomic E-state index is 13.5. The van der Waals surface area contributed by atoms with Crippen molar-refractivity contribution in [2.75, 3.05) is 14.2 Å². The zero-order chi connectivity index (χ0) is 17.0. The molecule has 2 aromatic carbocycles. The van der Waals surface area contributed by atoms with Gasteiger partial charge in [-0.25, -0.2) is 0 Å². The van der Waals surface area contributed by atoms with Gasteiger partial charge in [-0.1, -0.05) is 54.6 Å². The summed E-state index contributed by atoms with van der Waals surface area (Å²) in [5.41, 5.74) is 3.37. The average molecular weight is 345 g/mol. The lowest BCUT2D eigenvalue weighted by atomic mass is 9.87. The highest BCUT2D eigenvalue weighted by molar-refractivity contribution is 7.55. The summed E-state index contributed by atoms with van der Waals surface area (Å²) in [6.07, 6.45) is 2.64. The van der Waals surface area contributed by atoms with Crippen molar-refractivity contribution in [3.05, 3.63) is 71.3 Å². The molecule has 1 N–H and O–H groups in total. The largest absolute Gasteiger partial charge is 0.354 e. The Morgan fingerprint density at radius 3 is 2.42 bits per heavy atom. The molecule has 0 saturated heterocycles. The standard InChI is InChI=1S/C19H24NO3P/c1-22-24(21,23-2)19(20-15-16-9-4-3-5-10-16)14-8-12-17-11-6-7-13-18(17)19/h3-7,9-11,13,20H,8,12,14-15H2,1-2H3. The Labute approximate surface area is 143 Å².